The molecule has 0 radical (unpaired) electrons. The van der Waals surface area contributed by atoms with Gasteiger partial charge in [0.25, 0.3) is 0 Å². The van der Waals surface area contributed by atoms with E-state index in [0.717, 1.165) is 13.1 Å². The topological polar surface area (TPSA) is 36.1 Å². The van der Waals surface area contributed by atoms with Crippen LogP contribution in [0.1, 0.15) is 38.5 Å². The van der Waals surface area contributed by atoms with Gasteiger partial charge < -0.3 is 0 Å². The van der Waals surface area contributed by atoms with Crippen molar-refractivity contribution >= 4 is 0 Å². The summed E-state index contributed by atoms with van der Waals surface area (Å²) in [5, 5.41) is 0. The molecule has 0 bridgehead atoms. The van der Waals surface area contributed by atoms with Crippen LogP contribution in [-0.2, 0) is 0 Å². The van der Waals surface area contributed by atoms with Crippen LogP contribution in [0, 0.1) is 0 Å². The summed E-state index contributed by atoms with van der Waals surface area (Å²) < 4.78 is 0. The van der Waals surface area contributed by atoms with Crippen LogP contribution in [0.3, 0.4) is 0 Å². The van der Waals surface area contributed by atoms with Crippen molar-refractivity contribution in [2.75, 3.05) is 13.1 Å². The number of rotatable bonds is 0. The molecule has 0 aromatic carbocycles. The largest absolute Gasteiger partial charge is 0.244 e. The first kappa shape index (κ1) is 8.97. The number of hydrogen-bond acceptors (Lipinski definition) is 3. The molecule has 0 aromatic heterocycles. The van der Waals surface area contributed by atoms with Crippen molar-refractivity contribution in [2.45, 2.75) is 38.5 Å². The highest BCUT2D eigenvalue weighted by molar-refractivity contribution is 4.50. The highest BCUT2D eigenvalue weighted by Gasteiger charge is 1.93. The van der Waals surface area contributed by atoms with Gasteiger partial charge in [-0.1, -0.05) is 25.7 Å². The highest BCUT2D eigenvalue weighted by Crippen LogP contribution is 2.04. The second-order valence-corrected chi connectivity index (χ2v) is 3.10. The zero-order chi connectivity index (χ0) is 7.78. The summed E-state index contributed by atoms with van der Waals surface area (Å²) in [5.41, 5.74) is 9.23. The molecule has 11 heavy (non-hydrogen) atoms. The maximum atomic E-state index is 3.12. The molecule has 3 N–H and O–H groups in total. The third-order valence-electron chi connectivity index (χ3n) is 2.03. The normalized spacial score (nSPS) is 24.0. The Morgan fingerprint density at radius 2 is 1.00 bits per heavy atom. The van der Waals surface area contributed by atoms with Crippen LogP contribution in [0.4, 0.5) is 0 Å². The number of hydrogen-bond donors (Lipinski definition) is 3. The van der Waals surface area contributed by atoms with Crippen LogP contribution >= 0.6 is 0 Å². The molecule has 1 fully saturated rings. The van der Waals surface area contributed by atoms with E-state index in [1.54, 1.807) is 0 Å². The van der Waals surface area contributed by atoms with Gasteiger partial charge in [0.2, 0.25) is 0 Å². The van der Waals surface area contributed by atoms with E-state index < -0.39 is 0 Å². The van der Waals surface area contributed by atoms with Crippen molar-refractivity contribution in [3.8, 4) is 0 Å². The molecule has 0 spiro atoms. The summed E-state index contributed by atoms with van der Waals surface area (Å²) in [4.78, 5) is 0. The first-order valence-corrected chi connectivity index (χ1v) is 4.71. The highest BCUT2D eigenvalue weighted by atomic mass is 15.6. The molecule has 3 heteroatoms. The second kappa shape index (κ2) is 6.58. The molecule has 0 atom stereocenters. The number of hydrazine groups is 2. The van der Waals surface area contributed by atoms with Crippen LogP contribution in [0.25, 0.3) is 0 Å². The Bertz CT molecular complexity index is 47.4. The van der Waals surface area contributed by atoms with Crippen molar-refractivity contribution in [1.82, 2.24) is 16.4 Å². The van der Waals surface area contributed by atoms with Crippen LogP contribution in [-0.4, -0.2) is 13.1 Å². The quantitative estimate of drug-likeness (QED) is 0.490. The maximum Gasteiger partial charge on any atom is 0.0113 e. The fraction of sp³-hybridized carbons (Fsp3) is 1.00. The second-order valence-electron chi connectivity index (χ2n) is 3.10. The minimum atomic E-state index is 1.08. The van der Waals surface area contributed by atoms with Gasteiger partial charge in [0.05, 0.1) is 0 Å². The molecule has 3 nitrogen and oxygen atoms in total. The molecular weight excluding hydrogens is 138 g/mol. The van der Waals surface area contributed by atoms with Crippen molar-refractivity contribution in [3.63, 3.8) is 0 Å². The molecule has 1 rings (SSSR count). The standard InChI is InChI=1S/C8H19N3/c1-2-4-6-8-10-11-9-7-5-3-1/h9-11H,1-8H2. The molecule has 66 valence electrons. The van der Waals surface area contributed by atoms with Gasteiger partial charge in [-0.25, -0.2) is 10.9 Å². The van der Waals surface area contributed by atoms with E-state index in [2.05, 4.69) is 16.4 Å². The Balaban J connectivity index is 2.02. The fourth-order valence-corrected chi connectivity index (χ4v) is 1.32. The van der Waals surface area contributed by atoms with Gasteiger partial charge in [0.15, 0.2) is 0 Å². The molecule has 1 aliphatic heterocycles. The summed E-state index contributed by atoms with van der Waals surface area (Å²) in [6, 6.07) is 0. The lowest BCUT2D eigenvalue weighted by molar-refractivity contribution is 0.427. The lowest BCUT2D eigenvalue weighted by Crippen LogP contribution is -2.43. The van der Waals surface area contributed by atoms with Crippen molar-refractivity contribution in [1.29, 1.82) is 0 Å². The van der Waals surface area contributed by atoms with Gasteiger partial charge in [-0.05, 0) is 12.8 Å². The van der Waals surface area contributed by atoms with Crippen molar-refractivity contribution < 1.29 is 0 Å². The summed E-state index contributed by atoms with van der Waals surface area (Å²) in [6.07, 6.45) is 8.12. The van der Waals surface area contributed by atoms with E-state index >= 15 is 0 Å². The first-order valence-electron chi connectivity index (χ1n) is 4.71. The molecule has 1 heterocycles. The molecule has 0 unspecified atom stereocenters. The minimum absolute atomic E-state index is 1.08. The SMILES string of the molecule is C1CCCCNNNCCC1. The molecular formula is C8H19N3. The third kappa shape index (κ3) is 5.18. The smallest absolute Gasteiger partial charge is 0.0113 e. The van der Waals surface area contributed by atoms with Crippen LogP contribution < -0.4 is 16.4 Å². The van der Waals surface area contributed by atoms with Gasteiger partial charge in [-0.15, -0.1) is 0 Å². The molecule has 0 aliphatic carbocycles. The average molecular weight is 157 g/mol. The maximum absolute atomic E-state index is 3.12. The Kier molecular flexibility index (Phi) is 5.37. The molecule has 0 saturated carbocycles. The molecule has 1 aliphatic rings. The summed E-state index contributed by atoms with van der Waals surface area (Å²) >= 11 is 0. The lowest BCUT2D eigenvalue weighted by Gasteiger charge is -2.05. The van der Waals surface area contributed by atoms with E-state index in [1.165, 1.54) is 38.5 Å². The predicted octanol–water partition coefficient (Wildman–Crippen LogP) is 0.939. The van der Waals surface area contributed by atoms with Gasteiger partial charge in [-0.2, -0.15) is 5.53 Å². The summed E-state index contributed by atoms with van der Waals surface area (Å²) in [7, 11) is 0. The fourth-order valence-electron chi connectivity index (χ4n) is 1.32. The van der Waals surface area contributed by atoms with Crippen molar-refractivity contribution in [3.05, 3.63) is 0 Å². The first-order chi connectivity index (χ1) is 5.50. The Hall–Kier alpha value is -0.120. The predicted molar refractivity (Wildman–Crippen MR) is 46.8 cm³/mol. The molecule has 1 saturated heterocycles. The zero-order valence-corrected chi connectivity index (χ0v) is 7.16. The summed E-state index contributed by atoms with van der Waals surface area (Å²) in [5.74, 6) is 0. The van der Waals surface area contributed by atoms with E-state index in [9.17, 15) is 0 Å². The van der Waals surface area contributed by atoms with E-state index in [1.807, 2.05) is 0 Å². The Morgan fingerprint density at radius 1 is 0.545 bits per heavy atom. The van der Waals surface area contributed by atoms with Gasteiger partial charge in [0.1, 0.15) is 0 Å². The number of nitrogens with one attached hydrogen (secondary N) is 3. The Labute approximate surface area is 68.9 Å². The van der Waals surface area contributed by atoms with E-state index in [0.29, 0.717) is 0 Å². The van der Waals surface area contributed by atoms with Gasteiger partial charge in [-0.3, -0.25) is 0 Å². The van der Waals surface area contributed by atoms with Crippen LogP contribution in [0.2, 0.25) is 0 Å². The molecule has 0 aromatic rings. The minimum Gasteiger partial charge on any atom is -0.244 e. The Morgan fingerprint density at radius 3 is 1.55 bits per heavy atom. The lowest BCUT2D eigenvalue weighted by atomic mass is 10.1. The van der Waals surface area contributed by atoms with Crippen LogP contribution in [0.5, 0.6) is 0 Å². The monoisotopic (exact) mass is 157 g/mol. The molecule has 0 amide bonds. The zero-order valence-electron chi connectivity index (χ0n) is 7.16. The third-order valence-corrected chi connectivity index (χ3v) is 2.03. The van der Waals surface area contributed by atoms with Crippen LogP contribution in [0.15, 0.2) is 0 Å². The van der Waals surface area contributed by atoms with E-state index in [-0.39, 0.29) is 0 Å². The van der Waals surface area contributed by atoms with E-state index in [4.69, 9.17) is 0 Å². The average Bonchev–Trinajstić information content (AvgIpc) is 2.08. The van der Waals surface area contributed by atoms with Gasteiger partial charge >= 0.3 is 0 Å². The summed E-state index contributed by atoms with van der Waals surface area (Å²) in [6.45, 7) is 2.15. The van der Waals surface area contributed by atoms with Crippen molar-refractivity contribution in [2.24, 2.45) is 0 Å². The van der Waals surface area contributed by atoms with Gasteiger partial charge in [0, 0.05) is 13.1 Å².